The molecule has 1 amide bonds. The summed E-state index contributed by atoms with van der Waals surface area (Å²) < 4.78 is 7.29. The molecule has 0 bridgehead atoms. The van der Waals surface area contributed by atoms with Gasteiger partial charge < -0.3 is 14.0 Å². The monoisotopic (exact) mass is 345 g/mol. The Bertz CT molecular complexity index is 701. The van der Waals surface area contributed by atoms with Crippen molar-refractivity contribution in [1.29, 1.82) is 0 Å². The average molecular weight is 345 g/mol. The lowest BCUT2D eigenvalue weighted by molar-refractivity contribution is -0.135. The second-order valence-electron chi connectivity index (χ2n) is 6.78. The summed E-state index contributed by atoms with van der Waals surface area (Å²) in [6, 6.07) is 0.0416. The summed E-state index contributed by atoms with van der Waals surface area (Å²) in [6.45, 7) is 7.64. The molecule has 25 heavy (non-hydrogen) atoms. The third-order valence-electron chi connectivity index (χ3n) is 5.00. The Morgan fingerprint density at radius 1 is 1.36 bits per heavy atom. The molecule has 136 valence electrons. The molecular formula is C18H27N5O2. The number of amides is 1. The number of likely N-dealkylation sites (tertiary alicyclic amines) is 1. The molecule has 0 saturated carbocycles. The molecule has 1 atom stereocenters. The van der Waals surface area contributed by atoms with Gasteiger partial charge in [0, 0.05) is 25.1 Å². The first-order chi connectivity index (χ1) is 12.1. The summed E-state index contributed by atoms with van der Waals surface area (Å²) in [5.41, 5.74) is 1.93. The van der Waals surface area contributed by atoms with Gasteiger partial charge in [0.2, 0.25) is 5.91 Å². The zero-order valence-electron chi connectivity index (χ0n) is 15.4. The quantitative estimate of drug-likeness (QED) is 0.804. The zero-order chi connectivity index (χ0) is 17.8. The Balaban J connectivity index is 1.72. The number of rotatable bonds is 6. The highest BCUT2D eigenvalue weighted by Crippen LogP contribution is 2.30. The van der Waals surface area contributed by atoms with Gasteiger partial charge in [-0.1, -0.05) is 12.1 Å². The van der Waals surface area contributed by atoms with Crippen LogP contribution in [0, 0.1) is 13.8 Å². The molecule has 0 N–H and O–H groups in total. The number of hydrogen-bond donors (Lipinski definition) is 0. The lowest BCUT2D eigenvalue weighted by Gasteiger charge is -2.35. The largest absolute Gasteiger partial charge is 0.361 e. The van der Waals surface area contributed by atoms with Gasteiger partial charge >= 0.3 is 0 Å². The van der Waals surface area contributed by atoms with Crippen molar-refractivity contribution in [2.75, 3.05) is 6.54 Å². The van der Waals surface area contributed by atoms with Crippen molar-refractivity contribution in [3.63, 3.8) is 0 Å². The van der Waals surface area contributed by atoms with Crippen molar-refractivity contribution in [1.82, 2.24) is 24.8 Å². The SMILES string of the molecule is CCCn1cnnc1C1CCCCN1C(=O)CCc1c(C)noc1C. The van der Waals surface area contributed by atoms with E-state index in [9.17, 15) is 4.79 Å². The van der Waals surface area contributed by atoms with Gasteiger partial charge in [0.1, 0.15) is 12.1 Å². The fourth-order valence-electron chi connectivity index (χ4n) is 3.67. The van der Waals surface area contributed by atoms with Crippen LogP contribution in [0.4, 0.5) is 0 Å². The minimum atomic E-state index is 0.0416. The van der Waals surface area contributed by atoms with E-state index in [-0.39, 0.29) is 11.9 Å². The van der Waals surface area contributed by atoms with Gasteiger partial charge in [0.25, 0.3) is 0 Å². The molecule has 1 aliphatic heterocycles. The summed E-state index contributed by atoms with van der Waals surface area (Å²) in [5, 5.41) is 12.4. The maximum absolute atomic E-state index is 12.9. The Morgan fingerprint density at radius 2 is 2.20 bits per heavy atom. The molecule has 1 saturated heterocycles. The van der Waals surface area contributed by atoms with E-state index in [1.54, 1.807) is 6.33 Å². The van der Waals surface area contributed by atoms with Crippen LogP contribution in [0.3, 0.4) is 0 Å². The number of nitrogens with zero attached hydrogens (tertiary/aromatic N) is 5. The molecule has 1 unspecified atom stereocenters. The average Bonchev–Trinajstić information content (AvgIpc) is 3.20. The van der Waals surface area contributed by atoms with Crippen LogP contribution in [-0.4, -0.2) is 37.3 Å². The molecule has 0 aromatic carbocycles. The maximum atomic E-state index is 12.9. The third kappa shape index (κ3) is 3.75. The predicted molar refractivity (Wildman–Crippen MR) is 92.9 cm³/mol. The van der Waals surface area contributed by atoms with Crippen molar-refractivity contribution in [2.24, 2.45) is 0 Å². The highest BCUT2D eigenvalue weighted by atomic mass is 16.5. The van der Waals surface area contributed by atoms with E-state index in [1.165, 1.54) is 0 Å². The lowest BCUT2D eigenvalue weighted by Crippen LogP contribution is -2.39. The highest BCUT2D eigenvalue weighted by molar-refractivity contribution is 5.77. The molecule has 0 spiro atoms. The smallest absolute Gasteiger partial charge is 0.223 e. The van der Waals surface area contributed by atoms with E-state index in [2.05, 4.69) is 26.8 Å². The lowest BCUT2D eigenvalue weighted by atomic mass is 9.99. The van der Waals surface area contributed by atoms with Crippen LogP contribution in [0.15, 0.2) is 10.9 Å². The van der Waals surface area contributed by atoms with Gasteiger partial charge in [-0.2, -0.15) is 0 Å². The van der Waals surface area contributed by atoms with Gasteiger partial charge in [-0.3, -0.25) is 4.79 Å². The minimum absolute atomic E-state index is 0.0416. The van der Waals surface area contributed by atoms with Gasteiger partial charge in [0.05, 0.1) is 11.7 Å². The fourth-order valence-corrected chi connectivity index (χ4v) is 3.67. The first kappa shape index (κ1) is 17.6. The number of piperidine rings is 1. The summed E-state index contributed by atoms with van der Waals surface area (Å²) in [4.78, 5) is 14.9. The van der Waals surface area contributed by atoms with Crippen LogP contribution in [0.25, 0.3) is 0 Å². The fraction of sp³-hybridized carbons (Fsp3) is 0.667. The first-order valence-electron chi connectivity index (χ1n) is 9.20. The minimum Gasteiger partial charge on any atom is -0.361 e. The molecule has 2 aromatic heterocycles. The Morgan fingerprint density at radius 3 is 2.92 bits per heavy atom. The summed E-state index contributed by atoms with van der Waals surface area (Å²) in [6.07, 6.45) is 7.08. The number of carbonyl (C=O) groups excluding carboxylic acids is 1. The van der Waals surface area contributed by atoms with E-state index in [4.69, 9.17) is 4.52 Å². The number of aryl methyl sites for hydroxylation is 3. The number of hydrogen-bond acceptors (Lipinski definition) is 5. The van der Waals surface area contributed by atoms with Crippen LogP contribution in [0.5, 0.6) is 0 Å². The first-order valence-corrected chi connectivity index (χ1v) is 9.20. The maximum Gasteiger partial charge on any atom is 0.223 e. The van der Waals surface area contributed by atoms with Gasteiger partial charge in [-0.15, -0.1) is 10.2 Å². The van der Waals surface area contributed by atoms with E-state index in [0.29, 0.717) is 12.8 Å². The zero-order valence-corrected chi connectivity index (χ0v) is 15.4. The Labute approximate surface area is 148 Å². The van der Waals surface area contributed by atoms with Gasteiger partial charge in [-0.05, 0) is 46.0 Å². The van der Waals surface area contributed by atoms with E-state index in [1.807, 2.05) is 18.7 Å². The molecule has 1 aliphatic rings. The van der Waals surface area contributed by atoms with Gasteiger partial charge in [0.15, 0.2) is 5.82 Å². The Hall–Kier alpha value is -2.18. The molecule has 7 heteroatoms. The number of aromatic nitrogens is 4. The van der Waals surface area contributed by atoms with Crippen LogP contribution in [-0.2, 0) is 17.8 Å². The van der Waals surface area contributed by atoms with Crippen molar-refractivity contribution in [3.8, 4) is 0 Å². The van der Waals surface area contributed by atoms with Crippen molar-refractivity contribution < 1.29 is 9.32 Å². The van der Waals surface area contributed by atoms with Crippen LogP contribution < -0.4 is 0 Å². The Kier molecular flexibility index (Phi) is 5.50. The van der Waals surface area contributed by atoms with E-state index >= 15 is 0 Å². The topological polar surface area (TPSA) is 77.1 Å². The molecule has 3 rings (SSSR count). The normalized spacial score (nSPS) is 17.9. The molecule has 2 aromatic rings. The molecule has 3 heterocycles. The highest BCUT2D eigenvalue weighted by Gasteiger charge is 2.31. The molecule has 1 fully saturated rings. The van der Waals surface area contributed by atoms with E-state index < -0.39 is 0 Å². The summed E-state index contributed by atoms with van der Waals surface area (Å²) in [7, 11) is 0. The van der Waals surface area contributed by atoms with Crippen molar-refractivity contribution in [3.05, 3.63) is 29.2 Å². The number of carbonyl (C=O) groups is 1. The summed E-state index contributed by atoms with van der Waals surface area (Å²) >= 11 is 0. The standard InChI is InChI=1S/C18H27N5O2/c1-4-10-22-12-19-20-18(22)16-7-5-6-11-23(16)17(24)9-8-15-13(2)21-25-14(15)3/h12,16H,4-11H2,1-3H3. The predicted octanol–water partition coefficient (Wildman–Crippen LogP) is 2.98. The van der Waals surface area contributed by atoms with Crippen LogP contribution in [0.2, 0.25) is 0 Å². The van der Waals surface area contributed by atoms with Crippen molar-refractivity contribution in [2.45, 2.75) is 71.9 Å². The van der Waals surface area contributed by atoms with Crippen LogP contribution in [0.1, 0.15) is 67.9 Å². The van der Waals surface area contributed by atoms with Crippen molar-refractivity contribution >= 4 is 5.91 Å². The molecule has 0 radical (unpaired) electrons. The van der Waals surface area contributed by atoms with Gasteiger partial charge in [-0.25, -0.2) is 0 Å². The molecule has 7 nitrogen and oxygen atoms in total. The molecular weight excluding hydrogens is 318 g/mol. The summed E-state index contributed by atoms with van der Waals surface area (Å²) in [5.74, 6) is 1.91. The second kappa shape index (κ2) is 7.80. The molecule has 0 aliphatic carbocycles. The second-order valence-corrected chi connectivity index (χ2v) is 6.78. The third-order valence-corrected chi connectivity index (χ3v) is 5.00. The van der Waals surface area contributed by atoms with E-state index in [0.717, 1.165) is 61.6 Å². The van der Waals surface area contributed by atoms with Crippen LogP contribution >= 0.6 is 0 Å².